The molecule has 1 aromatic rings. The van der Waals surface area contributed by atoms with Crippen LogP contribution in [0.4, 0.5) is 5.69 Å². The van der Waals surface area contributed by atoms with Crippen LogP contribution in [0, 0.1) is 5.41 Å². The summed E-state index contributed by atoms with van der Waals surface area (Å²) in [5, 5.41) is 2.91. The minimum Gasteiger partial charge on any atom is -0.340 e. The predicted molar refractivity (Wildman–Crippen MR) is 94.7 cm³/mol. The molecule has 1 aliphatic carbocycles. The molecule has 0 aromatic heterocycles. The van der Waals surface area contributed by atoms with Crippen LogP contribution in [0.1, 0.15) is 32.6 Å². The van der Waals surface area contributed by atoms with E-state index in [0.717, 1.165) is 44.7 Å². The summed E-state index contributed by atoms with van der Waals surface area (Å²) in [6, 6.07) is 9.51. The normalized spacial score (nSPS) is 20.8. The van der Waals surface area contributed by atoms with Gasteiger partial charge in [-0.05, 0) is 25.0 Å². The van der Waals surface area contributed by atoms with Gasteiger partial charge < -0.3 is 10.2 Å². The average molecular weight is 329 g/mol. The Morgan fingerprint density at radius 2 is 1.67 bits per heavy atom. The molecule has 1 saturated heterocycles. The lowest BCUT2D eigenvalue weighted by Crippen LogP contribution is -2.53. The molecule has 24 heavy (non-hydrogen) atoms. The first kappa shape index (κ1) is 17.0. The van der Waals surface area contributed by atoms with E-state index >= 15 is 0 Å². The van der Waals surface area contributed by atoms with Crippen LogP contribution in [-0.2, 0) is 9.59 Å². The van der Waals surface area contributed by atoms with Crippen molar-refractivity contribution in [3.8, 4) is 0 Å². The maximum Gasteiger partial charge on any atom is 0.238 e. The summed E-state index contributed by atoms with van der Waals surface area (Å²) in [6.45, 7) is 5.49. The third-order valence-electron chi connectivity index (χ3n) is 5.31. The van der Waals surface area contributed by atoms with E-state index in [0.29, 0.717) is 12.5 Å². The van der Waals surface area contributed by atoms with E-state index in [4.69, 9.17) is 0 Å². The number of hydrogen-bond acceptors (Lipinski definition) is 3. The molecule has 3 rings (SSSR count). The number of carbonyl (C=O) groups excluding carboxylic acids is 2. The van der Waals surface area contributed by atoms with Gasteiger partial charge in [0.15, 0.2) is 0 Å². The third-order valence-corrected chi connectivity index (χ3v) is 5.31. The summed E-state index contributed by atoms with van der Waals surface area (Å²) in [4.78, 5) is 29.0. The first-order valence-electron chi connectivity index (χ1n) is 8.93. The molecule has 1 aromatic carbocycles. The first-order chi connectivity index (χ1) is 11.6. The zero-order valence-electron chi connectivity index (χ0n) is 14.5. The fraction of sp³-hybridized carbons (Fsp3) is 0.579. The maximum absolute atomic E-state index is 12.7. The topological polar surface area (TPSA) is 52.7 Å². The Labute approximate surface area is 144 Å². The number of rotatable bonds is 4. The first-order valence-corrected chi connectivity index (χ1v) is 8.93. The van der Waals surface area contributed by atoms with Crippen molar-refractivity contribution in [2.24, 2.45) is 5.41 Å². The smallest absolute Gasteiger partial charge is 0.238 e. The van der Waals surface area contributed by atoms with Gasteiger partial charge in [0.1, 0.15) is 0 Å². The molecule has 0 radical (unpaired) electrons. The summed E-state index contributed by atoms with van der Waals surface area (Å²) >= 11 is 0. The molecule has 5 nitrogen and oxygen atoms in total. The van der Waals surface area contributed by atoms with Crippen LogP contribution in [0.15, 0.2) is 30.3 Å². The predicted octanol–water partition coefficient (Wildman–Crippen LogP) is 2.35. The Morgan fingerprint density at radius 3 is 2.29 bits per heavy atom. The second-order valence-corrected chi connectivity index (χ2v) is 7.25. The van der Waals surface area contributed by atoms with Gasteiger partial charge in [0.05, 0.1) is 6.54 Å². The van der Waals surface area contributed by atoms with Crippen molar-refractivity contribution in [1.82, 2.24) is 9.80 Å². The Morgan fingerprint density at radius 1 is 1.04 bits per heavy atom. The lowest BCUT2D eigenvalue weighted by molar-refractivity contribution is -0.142. The molecule has 0 spiro atoms. The summed E-state index contributed by atoms with van der Waals surface area (Å²) in [5.41, 5.74) is 0.679. The van der Waals surface area contributed by atoms with Crippen molar-refractivity contribution in [2.75, 3.05) is 38.0 Å². The van der Waals surface area contributed by atoms with E-state index < -0.39 is 0 Å². The summed E-state index contributed by atoms with van der Waals surface area (Å²) in [6.07, 6.45) is 4.38. The highest BCUT2D eigenvalue weighted by molar-refractivity contribution is 5.92. The van der Waals surface area contributed by atoms with Crippen molar-refractivity contribution in [2.45, 2.75) is 32.6 Å². The Hall–Kier alpha value is -1.88. The van der Waals surface area contributed by atoms with Crippen molar-refractivity contribution in [3.63, 3.8) is 0 Å². The van der Waals surface area contributed by atoms with E-state index in [9.17, 15) is 9.59 Å². The molecule has 1 heterocycles. The maximum atomic E-state index is 12.7. The van der Waals surface area contributed by atoms with E-state index in [1.807, 2.05) is 35.2 Å². The Kier molecular flexibility index (Phi) is 5.19. The number of hydrogen-bond donors (Lipinski definition) is 1. The number of para-hydroxylation sites is 1. The van der Waals surface area contributed by atoms with Gasteiger partial charge in [-0.15, -0.1) is 0 Å². The lowest BCUT2D eigenvalue weighted by Gasteiger charge is -2.38. The molecule has 2 fully saturated rings. The van der Waals surface area contributed by atoms with Crippen LogP contribution in [0.3, 0.4) is 0 Å². The molecule has 2 aliphatic rings. The second kappa shape index (κ2) is 7.34. The highest BCUT2D eigenvalue weighted by atomic mass is 16.2. The molecular weight excluding hydrogens is 302 g/mol. The van der Waals surface area contributed by atoms with Crippen molar-refractivity contribution >= 4 is 17.5 Å². The van der Waals surface area contributed by atoms with Gasteiger partial charge in [0.25, 0.3) is 0 Å². The van der Waals surface area contributed by atoms with Gasteiger partial charge in [-0.3, -0.25) is 14.5 Å². The SMILES string of the molecule is CC1(C(=O)N2CCN(CC(=O)Nc3ccccc3)CC2)CCCC1. The van der Waals surface area contributed by atoms with Crippen molar-refractivity contribution < 1.29 is 9.59 Å². The molecular formula is C19H27N3O2. The molecule has 1 saturated carbocycles. The number of nitrogens with one attached hydrogen (secondary N) is 1. The zero-order valence-corrected chi connectivity index (χ0v) is 14.5. The van der Waals surface area contributed by atoms with Gasteiger partial charge in [-0.2, -0.15) is 0 Å². The minimum atomic E-state index is -0.146. The van der Waals surface area contributed by atoms with Gasteiger partial charge in [0, 0.05) is 37.3 Å². The van der Waals surface area contributed by atoms with Gasteiger partial charge in [-0.25, -0.2) is 0 Å². The fourth-order valence-electron chi connectivity index (χ4n) is 3.79. The average Bonchev–Trinajstić information content (AvgIpc) is 3.04. The monoisotopic (exact) mass is 329 g/mol. The van der Waals surface area contributed by atoms with Crippen LogP contribution in [0.5, 0.6) is 0 Å². The van der Waals surface area contributed by atoms with Crippen LogP contribution in [0.25, 0.3) is 0 Å². The molecule has 0 bridgehead atoms. The van der Waals surface area contributed by atoms with E-state index in [-0.39, 0.29) is 11.3 Å². The molecule has 1 N–H and O–H groups in total. The minimum absolute atomic E-state index is 0.00345. The number of amides is 2. The van der Waals surface area contributed by atoms with Crippen molar-refractivity contribution in [3.05, 3.63) is 30.3 Å². The Balaban J connectivity index is 1.45. The van der Waals surface area contributed by atoms with Gasteiger partial charge in [-0.1, -0.05) is 38.0 Å². The molecule has 5 heteroatoms. The van der Waals surface area contributed by atoms with E-state index in [1.54, 1.807) is 0 Å². The standard InChI is InChI=1S/C19H27N3O2/c1-19(9-5-6-10-19)18(24)22-13-11-21(12-14-22)15-17(23)20-16-7-3-2-4-8-16/h2-4,7-8H,5-6,9-15H2,1H3,(H,20,23). The third kappa shape index (κ3) is 3.96. The summed E-state index contributed by atoms with van der Waals surface area (Å²) < 4.78 is 0. The number of benzene rings is 1. The molecule has 2 amide bonds. The molecule has 130 valence electrons. The Bertz CT molecular complexity index is 574. The van der Waals surface area contributed by atoms with E-state index in [2.05, 4.69) is 17.1 Å². The quantitative estimate of drug-likeness (QED) is 0.922. The number of anilines is 1. The highest BCUT2D eigenvalue weighted by Crippen LogP contribution is 2.39. The van der Waals surface area contributed by atoms with Crippen LogP contribution < -0.4 is 5.32 Å². The van der Waals surface area contributed by atoms with E-state index in [1.165, 1.54) is 12.8 Å². The van der Waals surface area contributed by atoms with Crippen LogP contribution >= 0.6 is 0 Å². The number of carbonyl (C=O) groups is 2. The molecule has 0 atom stereocenters. The number of nitrogens with zero attached hydrogens (tertiary/aromatic N) is 2. The van der Waals surface area contributed by atoms with Crippen LogP contribution in [-0.4, -0.2) is 54.3 Å². The highest BCUT2D eigenvalue weighted by Gasteiger charge is 2.39. The molecule has 0 unspecified atom stereocenters. The fourth-order valence-corrected chi connectivity index (χ4v) is 3.79. The lowest BCUT2D eigenvalue weighted by atomic mass is 9.87. The summed E-state index contributed by atoms with van der Waals surface area (Å²) in [7, 11) is 0. The largest absolute Gasteiger partial charge is 0.340 e. The zero-order chi connectivity index (χ0) is 17.0. The number of piperazine rings is 1. The van der Waals surface area contributed by atoms with Gasteiger partial charge >= 0.3 is 0 Å². The van der Waals surface area contributed by atoms with Gasteiger partial charge in [0.2, 0.25) is 11.8 Å². The second-order valence-electron chi connectivity index (χ2n) is 7.25. The molecule has 1 aliphatic heterocycles. The van der Waals surface area contributed by atoms with Crippen molar-refractivity contribution in [1.29, 1.82) is 0 Å². The van der Waals surface area contributed by atoms with Crippen LogP contribution in [0.2, 0.25) is 0 Å². The summed E-state index contributed by atoms with van der Waals surface area (Å²) in [5.74, 6) is 0.317.